The summed E-state index contributed by atoms with van der Waals surface area (Å²) >= 11 is 2.91. The van der Waals surface area contributed by atoms with Gasteiger partial charge in [0.05, 0.1) is 28.6 Å². The van der Waals surface area contributed by atoms with Gasteiger partial charge in [0.15, 0.2) is 4.34 Å². The molecular formula is C18H22N4O4S3. The van der Waals surface area contributed by atoms with Crippen molar-refractivity contribution < 1.29 is 18.5 Å². The number of nitrogens with one attached hydrogen (secondary N) is 2. The number of carbonyl (C=O) groups is 2. The lowest BCUT2D eigenvalue weighted by Gasteiger charge is -2.26. The Kier molecular flexibility index (Phi) is 6.68. The van der Waals surface area contributed by atoms with E-state index in [-0.39, 0.29) is 18.0 Å². The van der Waals surface area contributed by atoms with E-state index in [1.807, 2.05) is 18.2 Å². The van der Waals surface area contributed by atoms with Gasteiger partial charge < -0.3 is 20.3 Å². The molecule has 2 N–H and O–H groups in total. The second kappa shape index (κ2) is 9.41. The van der Waals surface area contributed by atoms with Crippen molar-refractivity contribution in [2.75, 3.05) is 48.9 Å². The third-order valence-electron chi connectivity index (χ3n) is 4.71. The number of thioether (sulfide) groups is 1. The molecule has 2 aromatic rings. The molecule has 8 nitrogen and oxygen atoms in total. The summed E-state index contributed by atoms with van der Waals surface area (Å²) in [6.45, 7) is 2.31. The summed E-state index contributed by atoms with van der Waals surface area (Å²) in [5.74, 6) is 1.36. The average molecular weight is 455 g/mol. The number of anilines is 1. The summed E-state index contributed by atoms with van der Waals surface area (Å²) in [6.07, 6.45) is 0.862. The van der Waals surface area contributed by atoms with Crippen LogP contribution in [0.3, 0.4) is 0 Å². The van der Waals surface area contributed by atoms with Gasteiger partial charge >= 0.3 is 6.03 Å². The van der Waals surface area contributed by atoms with Gasteiger partial charge in [-0.1, -0.05) is 11.8 Å². The second-order valence-electron chi connectivity index (χ2n) is 6.84. The number of urea groups is 1. The van der Waals surface area contributed by atoms with Crippen molar-refractivity contribution in [1.29, 1.82) is 0 Å². The summed E-state index contributed by atoms with van der Waals surface area (Å²) in [6, 6.07) is 5.53. The molecule has 3 heterocycles. The van der Waals surface area contributed by atoms with E-state index in [2.05, 4.69) is 15.6 Å². The molecule has 2 aliphatic rings. The van der Waals surface area contributed by atoms with Crippen molar-refractivity contribution in [2.45, 2.75) is 16.8 Å². The van der Waals surface area contributed by atoms with Gasteiger partial charge in [-0.25, -0.2) is 9.78 Å². The van der Waals surface area contributed by atoms with Crippen LogP contribution in [0.25, 0.3) is 10.2 Å². The number of ether oxygens (including phenoxy) is 1. The van der Waals surface area contributed by atoms with Gasteiger partial charge in [0.1, 0.15) is 0 Å². The molecular weight excluding hydrogens is 432 g/mol. The second-order valence-corrected chi connectivity index (χ2v) is 10.8. The number of aromatic nitrogens is 1. The average Bonchev–Trinajstić information content (AvgIpc) is 3.36. The van der Waals surface area contributed by atoms with Crippen LogP contribution in [0.4, 0.5) is 10.5 Å². The van der Waals surface area contributed by atoms with E-state index in [0.29, 0.717) is 49.2 Å². The van der Waals surface area contributed by atoms with Crippen LogP contribution >= 0.6 is 23.1 Å². The molecule has 4 rings (SSSR count). The molecule has 1 aromatic carbocycles. The maximum Gasteiger partial charge on any atom is 0.321 e. The van der Waals surface area contributed by atoms with Crippen LogP contribution < -0.4 is 10.6 Å². The summed E-state index contributed by atoms with van der Waals surface area (Å²) in [7, 11) is -0.812. The Morgan fingerprint density at radius 3 is 2.93 bits per heavy atom. The lowest BCUT2D eigenvalue weighted by molar-refractivity contribution is -0.119. The van der Waals surface area contributed by atoms with Crippen molar-refractivity contribution in [3.05, 3.63) is 18.2 Å². The molecule has 2 aliphatic heterocycles. The number of thiazole rings is 1. The van der Waals surface area contributed by atoms with Gasteiger partial charge in [0.2, 0.25) is 5.91 Å². The van der Waals surface area contributed by atoms with E-state index < -0.39 is 10.8 Å². The number of nitrogens with zero attached hydrogens (tertiary/aromatic N) is 2. The van der Waals surface area contributed by atoms with E-state index in [9.17, 15) is 13.8 Å². The van der Waals surface area contributed by atoms with Gasteiger partial charge in [-0.3, -0.25) is 9.00 Å². The summed E-state index contributed by atoms with van der Waals surface area (Å²) < 4.78 is 18.5. The molecule has 0 radical (unpaired) electrons. The standard InChI is InChI=1S/C18H22N4O4S3/c23-16(19-13-3-6-26-10-13)11-27-18-21-14-2-1-12(9-15(14)28-18)20-17(24)22-4-7-29(25)8-5-22/h1-2,9,13H,3-8,10-11H2,(H,19,23)(H,20,24). The quantitative estimate of drug-likeness (QED) is 0.669. The summed E-state index contributed by atoms with van der Waals surface area (Å²) in [4.78, 5) is 30.7. The lowest BCUT2D eigenvalue weighted by atomic mass is 10.3. The minimum Gasteiger partial charge on any atom is -0.379 e. The largest absolute Gasteiger partial charge is 0.379 e. The molecule has 0 spiro atoms. The predicted molar refractivity (Wildman–Crippen MR) is 116 cm³/mol. The Labute approximate surface area is 179 Å². The number of carbonyl (C=O) groups excluding carboxylic acids is 2. The molecule has 3 amide bonds. The first kappa shape index (κ1) is 20.6. The third kappa shape index (κ3) is 5.47. The maximum absolute atomic E-state index is 12.4. The Bertz CT molecular complexity index is 919. The highest BCUT2D eigenvalue weighted by atomic mass is 32.2. The molecule has 11 heteroatoms. The van der Waals surface area contributed by atoms with Crippen molar-refractivity contribution in [3.8, 4) is 0 Å². The number of hydrogen-bond donors (Lipinski definition) is 2. The molecule has 0 bridgehead atoms. The fourth-order valence-electron chi connectivity index (χ4n) is 3.13. The number of rotatable bonds is 5. The zero-order valence-electron chi connectivity index (χ0n) is 15.7. The number of benzene rings is 1. The molecule has 2 saturated heterocycles. The predicted octanol–water partition coefficient (Wildman–Crippen LogP) is 1.89. The van der Waals surface area contributed by atoms with Crippen molar-refractivity contribution in [2.24, 2.45) is 0 Å². The van der Waals surface area contributed by atoms with E-state index in [0.717, 1.165) is 21.0 Å². The molecule has 156 valence electrons. The van der Waals surface area contributed by atoms with Crippen LogP contribution in [0.2, 0.25) is 0 Å². The minimum absolute atomic E-state index is 0.0137. The van der Waals surface area contributed by atoms with E-state index in [4.69, 9.17) is 4.74 Å². The highest BCUT2D eigenvalue weighted by Crippen LogP contribution is 2.31. The third-order valence-corrected chi connectivity index (χ3v) is 8.14. The van der Waals surface area contributed by atoms with Gasteiger partial charge in [-0.2, -0.15) is 0 Å². The molecule has 0 aliphatic carbocycles. The molecule has 1 unspecified atom stereocenters. The van der Waals surface area contributed by atoms with Gasteiger partial charge in [-0.05, 0) is 24.6 Å². The van der Waals surface area contributed by atoms with E-state index >= 15 is 0 Å². The van der Waals surface area contributed by atoms with Crippen molar-refractivity contribution in [1.82, 2.24) is 15.2 Å². The zero-order chi connectivity index (χ0) is 20.2. The van der Waals surface area contributed by atoms with Gasteiger partial charge in [0, 0.05) is 47.7 Å². The van der Waals surface area contributed by atoms with Crippen LogP contribution in [-0.4, -0.2) is 75.6 Å². The molecule has 2 fully saturated rings. The molecule has 0 saturated carbocycles. The van der Waals surface area contributed by atoms with E-state index in [1.54, 1.807) is 4.90 Å². The van der Waals surface area contributed by atoms with Gasteiger partial charge in [0.25, 0.3) is 0 Å². The first-order valence-corrected chi connectivity index (χ1v) is 12.7. The topological polar surface area (TPSA) is 101 Å². The Morgan fingerprint density at radius 2 is 2.17 bits per heavy atom. The van der Waals surface area contributed by atoms with Crippen LogP contribution in [-0.2, 0) is 20.3 Å². The highest BCUT2D eigenvalue weighted by molar-refractivity contribution is 8.01. The van der Waals surface area contributed by atoms with Crippen LogP contribution in [0.5, 0.6) is 0 Å². The lowest BCUT2D eigenvalue weighted by Crippen LogP contribution is -2.43. The Morgan fingerprint density at radius 1 is 1.34 bits per heavy atom. The number of amides is 3. The normalized spacial score (nSPS) is 20.1. The monoisotopic (exact) mass is 454 g/mol. The smallest absolute Gasteiger partial charge is 0.321 e. The zero-order valence-corrected chi connectivity index (χ0v) is 18.2. The van der Waals surface area contributed by atoms with Crippen LogP contribution in [0.1, 0.15) is 6.42 Å². The maximum atomic E-state index is 12.4. The summed E-state index contributed by atoms with van der Waals surface area (Å²) in [5.41, 5.74) is 1.54. The number of hydrogen-bond acceptors (Lipinski definition) is 7. The first-order chi connectivity index (χ1) is 14.1. The fraction of sp³-hybridized carbons (Fsp3) is 0.500. The van der Waals surface area contributed by atoms with Crippen LogP contribution in [0, 0.1) is 0 Å². The minimum atomic E-state index is -0.812. The van der Waals surface area contributed by atoms with Gasteiger partial charge in [-0.15, -0.1) is 11.3 Å². The first-order valence-electron chi connectivity index (χ1n) is 9.38. The SMILES string of the molecule is O=C(CSc1nc2ccc(NC(=O)N3CCS(=O)CC3)cc2s1)NC1CCOC1. The molecule has 29 heavy (non-hydrogen) atoms. The highest BCUT2D eigenvalue weighted by Gasteiger charge is 2.20. The number of fused-ring (bicyclic) bond motifs is 1. The Balaban J connectivity index is 1.33. The van der Waals surface area contributed by atoms with Crippen molar-refractivity contribution in [3.63, 3.8) is 0 Å². The fourth-order valence-corrected chi connectivity index (χ4v) is 6.10. The van der Waals surface area contributed by atoms with E-state index in [1.165, 1.54) is 23.1 Å². The summed E-state index contributed by atoms with van der Waals surface area (Å²) in [5, 5.41) is 5.87. The molecule has 1 aromatic heterocycles. The van der Waals surface area contributed by atoms with Crippen molar-refractivity contribution >= 4 is 61.7 Å². The van der Waals surface area contributed by atoms with Crippen LogP contribution in [0.15, 0.2) is 22.5 Å². The molecule has 1 atom stereocenters. The Hall–Kier alpha value is -1.69.